The number of rotatable bonds is 4. The topological polar surface area (TPSA) is 20.2 Å². The minimum atomic E-state index is -0.135. The van der Waals surface area contributed by atoms with Crippen LogP contribution in [-0.2, 0) is 5.41 Å². The predicted molar refractivity (Wildman–Crippen MR) is 63.0 cm³/mol. The maximum absolute atomic E-state index is 9.26. The molecular weight excluding hydrogens is 192 g/mol. The molecule has 1 nitrogen and oxygen atoms in total. The van der Waals surface area contributed by atoms with Crippen molar-refractivity contribution in [1.82, 2.24) is 0 Å². The first kappa shape index (κ1) is 11.6. The van der Waals surface area contributed by atoms with Gasteiger partial charge in [0.25, 0.3) is 0 Å². The van der Waals surface area contributed by atoms with Gasteiger partial charge < -0.3 is 5.11 Å². The van der Waals surface area contributed by atoms with E-state index >= 15 is 0 Å². The average Bonchev–Trinajstić information content (AvgIpc) is 2.19. The van der Waals surface area contributed by atoms with Crippen LogP contribution in [0.15, 0.2) is 29.2 Å². The number of hydrogen-bond donors (Lipinski definition) is 1. The maximum Gasteiger partial charge on any atom is 0.0522 e. The summed E-state index contributed by atoms with van der Waals surface area (Å²) in [6.45, 7) is 6.45. The molecule has 0 aromatic heterocycles. The summed E-state index contributed by atoms with van der Waals surface area (Å²) in [5.74, 6) is 1.09. The Labute approximate surface area is 90.5 Å². The molecule has 0 atom stereocenters. The summed E-state index contributed by atoms with van der Waals surface area (Å²) in [6, 6.07) is 8.43. The molecule has 0 bridgehead atoms. The van der Waals surface area contributed by atoms with Crippen LogP contribution in [0.3, 0.4) is 0 Å². The largest absolute Gasteiger partial charge is 0.395 e. The molecular formula is C12H18OS. The lowest BCUT2D eigenvalue weighted by atomic mass is 9.86. The first-order chi connectivity index (χ1) is 6.60. The van der Waals surface area contributed by atoms with Crippen LogP contribution in [-0.4, -0.2) is 17.5 Å². The van der Waals surface area contributed by atoms with Crippen LogP contribution in [0.4, 0.5) is 0 Å². The van der Waals surface area contributed by atoms with Crippen molar-refractivity contribution < 1.29 is 5.11 Å². The van der Waals surface area contributed by atoms with Gasteiger partial charge >= 0.3 is 0 Å². The third-order valence-corrected chi connectivity index (χ3v) is 3.20. The van der Waals surface area contributed by atoms with E-state index in [1.807, 2.05) is 11.8 Å². The van der Waals surface area contributed by atoms with Gasteiger partial charge in [-0.05, 0) is 23.4 Å². The predicted octanol–water partition coefficient (Wildman–Crippen LogP) is 3.07. The van der Waals surface area contributed by atoms with E-state index in [1.54, 1.807) is 0 Å². The van der Waals surface area contributed by atoms with Crippen molar-refractivity contribution in [1.29, 1.82) is 0 Å². The fraction of sp³-hybridized carbons (Fsp3) is 0.500. The van der Waals surface area contributed by atoms with Gasteiger partial charge in [0.05, 0.1) is 6.61 Å². The third kappa shape index (κ3) is 2.76. The first-order valence-electron chi connectivity index (χ1n) is 4.94. The third-order valence-electron chi connectivity index (χ3n) is 2.32. The molecule has 1 aromatic carbocycles. The molecule has 0 aliphatic heterocycles. The summed E-state index contributed by atoms with van der Waals surface area (Å²) in [4.78, 5) is 1.28. The van der Waals surface area contributed by atoms with Crippen LogP contribution in [0.1, 0.15) is 26.3 Å². The van der Waals surface area contributed by atoms with E-state index in [4.69, 9.17) is 0 Å². The van der Waals surface area contributed by atoms with Crippen LogP contribution in [0, 0.1) is 0 Å². The zero-order valence-electron chi connectivity index (χ0n) is 9.08. The molecule has 0 unspecified atom stereocenters. The fourth-order valence-corrected chi connectivity index (χ4v) is 1.98. The molecule has 0 heterocycles. The van der Waals surface area contributed by atoms with E-state index in [0.717, 1.165) is 5.75 Å². The van der Waals surface area contributed by atoms with Gasteiger partial charge in [0, 0.05) is 10.3 Å². The molecule has 1 rings (SSSR count). The number of aliphatic hydroxyl groups excluding tert-OH is 1. The van der Waals surface area contributed by atoms with Gasteiger partial charge in [-0.3, -0.25) is 0 Å². The van der Waals surface area contributed by atoms with Crippen LogP contribution in [0.5, 0.6) is 0 Å². The highest BCUT2D eigenvalue weighted by molar-refractivity contribution is 7.99. The summed E-state index contributed by atoms with van der Waals surface area (Å²) in [6.07, 6.45) is 0. The monoisotopic (exact) mass is 210 g/mol. The standard InChI is InChI=1S/C12H18OS/c1-4-14-11-7-5-6-10(8-11)12(2,3)9-13/h5-8,13H,4,9H2,1-3H3. The zero-order chi connectivity index (χ0) is 10.6. The molecule has 0 aliphatic rings. The second kappa shape index (κ2) is 4.85. The lowest BCUT2D eigenvalue weighted by Crippen LogP contribution is -2.21. The molecule has 2 heteroatoms. The highest BCUT2D eigenvalue weighted by atomic mass is 32.2. The van der Waals surface area contributed by atoms with Crippen LogP contribution in [0.25, 0.3) is 0 Å². The Kier molecular flexibility index (Phi) is 4.02. The molecule has 0 amide bonds. The molecule has 1 aromatic rings. The van der Waals surface area contributed by atoms with E-state index in [1.165, 1.54) is 10.5 Å². The number of aliphatic hydroxyl groups is 1. The van der Waals surface area contributed by atoms with Crippen molar-refractivity contribution in [3.63, 3.8) is 0 Å². The highest BCUT2D eigenvalue weighted by Crippen LogP contribution is 2.26. The zero-order valence-corrected chi connectivity index (χ0v) is 9.90. The lowest BCUT2D eigenvalue weighted by molar-refractivity contribution is 0.218. The minimum absolute atomic E-state index is 0.135. The fourth-order valence-electron chi connectivity index (χ4n) is 1.26. The molecule has 1 N–H and O–H groups in total. The number of thioether (sulfide) groups is 1. The summed E-state index contributed by atoms with van der Waals surface area (Å²) in [5, 5.41) is 9.26. The van der Waals surface area contributed by atoms with Crippen LogP contribution >= 0.6 is 11.8 Å². The second-order valence-electron chi connectivity index (χ2n) is 4.00. The van der Waals surface area contributed by atoms with Crippen molar-refractivity contribution in [2.24, 2.45) is 0 Å². The van der Waals surface area contributed by atoms with Gasteiger partial charge in [0.1, 0.15) is 0 Å². The van der Waals surface area contributed by atoms with Gasteiger partial charge in [-0.25, -0.2) is 0 Å². The summed E-state index contributed by atoms with van der Waals surface area (Å²) >= 11 is 1.83. The molecule has 0 saturated carbocycles. The average molecular weight is 210 g/mol. The quantitative estimate of drug-likeness (QED) is 0.771. The summed E-state index contributed by atoms with van der Waals surface area (Å²) in [7, 11) is 0. The molecule has 78 valence electrons. The first-order valence-corrected chi connectivity index (χ1v) is 5.93. The molecule has 0 radical (unpaired) electrons. The van der Waals surface area contributed by atoms with Gasteiger partial charge in [0.15, 0.2) is 0 Å². The van der Waals surface area contributed by atoms with E-state index in [9.17, 15) is 5.11 Å². The van der Waals surface area contributed by atoms with E-state index < -0.39 is 0 Å². The maximum atomic E-state index is 9.26. The smallest absolute Gasteiger partial charge is 0.0522 e. The van der Waals surface area contributed by atoms with E-state index in [0.29, 0.717) is 0 Å². The van der Waals surface area contributed by atoms with E-state index in [2.05, 4.69) is 45.0 Å². The van der Waals surface area contributed by atoms with Crippen molar-refractivity contribution in [2.45, 2.75) is 31.1 Å². The Morgan fingerprint density at radius 2 is 2.07 bits per heavy atom. The Hall–Kier alpha value is -0.470. The molecule has 0 spiro atoms. The minimum Gasteiger partial charge on any atom is -0.395 e. The second-order valence-corrected chi connectivity index (χ2v) is 5.34. The molecule has 0 saturated heterocycles. The summed E-state index contributed by atoms with van der Waals surface area (Å²) in [5.41, 5.74) is 1.07. The van der Waals surface area contributed by atoms with Gasteiger partial charge in [0.2, 0.25) is 0 Å². The van der Waals surface area contributed by atoms with Crippen molar-refractivity contribution in [2.75, 3.05) is 12.4 Å². The van der Waals surface area contributed by atoms with Crippen molar-refractivity contribution in [3.05, 3.63) is 29.8 Å². The van der Waals surface area contributed by atoms with Gasteiger partial charge in [-0.1, -0.05) is 32.9 Å². The SMILES string of the molecule is CCSc1cccc(C(C)(C)CO)c1. The van der Waals surface area contributed by atoms with Crippen molar-refractivity contribution in [3.8, 4) is 0 Å². The molecule has 0 fully saturated rings. The van der Waals surface area contributed by atoms with Crippen molar-refractivity contribution >= 4 is 11.8 Å². The normalized spacial score (nSPS) is 11.7. The van der Waals surface area contributed by atoms with Gasteiger partial charge in [-0.15, -0.1) is 11.8 Å². The molecule has 14 heavy (non-hydrogen) atoms. The Balaban J connectivity index is 2.93. The Morgan fingerprint density at radius 3 is 2.64 bits per heavy atom. The summed E-state index contributed by atoms with van der Waals surface area (Å²) < 4.78 is 0. The van der Waals surface area contributed by atoms with Crippen LogP contribution in [0.2, 0.25) is 0 Å². The van der Waals surface area contributed by atoms with E-state index in [-0.39, 0.29) is 12.0 Å². The van der Waals surface area contributed by atoms with Gasteiger partial charge in [-0.2, -0.15) is 0 Å². The lowest BCUT2D eigenvalue weighted by Gasteiger charge is -2.22. The molecule has 0 aliphatic carbocycles. The Morgan fingerprint density at radius 1 is 1.36 bits per heavy atom. The number of benzene rings is 1. The number of hydrogen-bond acceptors (Lipinski definition) is 2. The van der Waals surface area contributed by atoms with Crippen LogP contribution < -0.4 is 0 Å². The highest BCUT2D eigenvalue weighted by Gasteiger charge is 2.19. The Bertz CT molecular complexity index is 294.